The van der Waals surface area contributed by atoms with Gasteiger partial charge in [0, 0.05) is 13.1 Å². The first-order chi connectivity index (χ1) is 7.18. The largest absolute Gasteiger partial charge is 0.375 e. The van der Waals surface area contributed by atoms with Crippen LogP contribution in [0, 0.1) is 0 Å². The predicted molar refractivity (Wildman–Crippen MR) is 50.5 cm³/mol. The van der Waals surface area contributed by atoms with Crippen molar-refractivity contribution < 1.29 is 19.2 Å². The lowest BCUT2D eigenvalue weighted by Gasteiger charge is -2.22. The molecule has 1 fully saturated rings. The van der Waals surface area contributed by atoms with Gasteiger partial charge in [0.1, 0.15) is 0 Å². The van der Waals surface area contributed by atoms with E-state index in [-0.39, 0.29) is 25.0 Å². The molecule has 1 heterocycles. The fraction of sp³-hybridized carbons (Fsp3) is 0.750. The van der Waals surface area contributed by atoms with E-state index in [4.69, 9.17) is 10.5 Å². The summed E-state index contributed by atoms with van der Waals surface area (Å²) in [4.78, 5) is 26.0. The Morgan fingerprint density at radius 1 is 1.60 bits per heavy atom. The van der Waals surface area contributed by atoms with Crippen LogP contribution in [0.1, 0.15) is 6.42 Å². The van der Waals surface area contributed by atoms with Crippen molar-refractivity contribution in [1.82, 2.24) is 10.8 Å². The van der Waals surface area contributed by atoms with Crippen LogP contribution in [0.4, 0.5) is 0 Å². The van der Waals surface area contributed by atoms with Gasteiger partial charge >= 0.3 is 0 Å². The molecule has 0 saturated carbocycles. The van der Waals surface area contributed by atoms with Crippen LogP contribution in [0.2, 0.25) is 0 Å². The highest BCUT2D eigenvalue weighted by atomic mass is 16.7. The Morgan fingerprint density at radius 2 is 2.40 bits per heavy atom. The van der Waals surface area contributed by atoms with E-state index in [2.05, 4.69) is 15.6 Å². The third kappa shape index (κ3) is 5.31. The van der Waals surface area contributed by atoms with E-state index in [1.165, 1.54) is 0 Å². The average molecular weight is 217 g/mol. The zero-order valence-corrected chi connectivity index (χ0v) is 8.32. The molecule has 0 bridgehead atoms. The molecule has 0 aromatic heterocycles. The Morgan fingerprint density at radius 3 is 3.00 bits per heavy atom. The second-order valence-corrected chi connectivity index (χ2v) is 3.18. The molecular weight excluding hydrogens is 202 g/mol. The topological polar surface area (TPSA) is 103 Å². The molecule has 2 amide bonds. The van der Waals surface area contributed by atoms with Crippen LogP contribution in [0.5, 0.6) is 0 Å². The molecule has 15 heavy (non-hydrogen) atoms. The Bertz CT molecular complexity index is 228. The number of hydrogen-bond donors (Lipinski definition) is 3. The highest BCUT2D eigenvalue weighted by molar-refractivity contribution is 5.77. The molecule has 1 atom stereocenters. The van der Waals surface area contributed by atoms with Gasteiger partial charge in [-0.05, 0) is 0 Å². The van der Waals surface area contributed by atoms with Crippen molar-refractivity contribution in [3.63, 3.8) is 0 Å². The predicted octanol–water partition coefficient (Wildman–Crippen LogP) is -2.10. The lowest BCUT2D eigenvalue weighted by molar-refractivity contribution is -0.140. The Balaban J connectivity index is 2.09. The van der Waals surface area contributed by atoms with Gasteiger partial charge in [0.2, 0.25) is 11.8 Å². The number of rotatable bonds is 5. The number of hydrogen-bond acceptors (Lipinski definition) is 5. The monoisotopic (exact) mass is 217 g/mol. The molecule has 0 spiro atoms. The summed E-state index contributed by atoms with van der Waals surface area (Å²) in [5.41, 5.74) is 6.93. The third-order valence-electron chi connectivity index (χ3n) is 1.82. The van der Waals surface area contributed by atoms with Crippen LogP contribution in [-0.4, -0.2) is 44.2 Å². The molecule has 7 nitrogen and oxygen atoms in total. The second kappa shape index (κ2) is 6.33. The van der Waals surface area contributed by atoms with E-state index in [1.807, 2.05) is 0 Å². The zero-order chi connectivity index (χ0) is 11.1. The van der Waals surface area contributed by atoms with Gasteiger partial charge in [-0.2, -0.15) is 0 Å². The first-order valence-corrected chi connectivity index (χ1v) is 4.69. The summed E-state index contributed by atoms with van der Waals surface area (Å²) in [5, 5.41) is 3.09. The number of nitrogens with one attached hydrogen (secondary N) is 2. The van der Waals surface area contributed by atoms with E-state index < -0.39 is 5.91 Å². The zero-order valence-electron chi connectivity index (χ0n) is 8.32. The fourth-order valence-electron chi connectivity index (χ4n) is 1.19. The van der Waals surface area contributed by atoms with Crippen molar-refractivity contribution in [1.29, 1.82) is 0 Å². The molecule has 1 aliphatic heterocycles. The molecule has 86 valence electrons. The molecule has 1 unspecified atom stereocenters. The van der Waals surface area contributed by atoms with Crippen molar-refractivity contribution in [2.45, 2.75) is 12.5 Å². The van der Waals surface area contributed by atoms with Gasteiger partial charge in [0.25, 0.3) is 0 Å². The van der Waals surface area contributed by atoms with Gasteiger partial charge in [-0.25, -0.2) is 5.48 Å². The fourth-order valence-corrected chi connectivity index (χ4v) is 1.19. The summed E-state index contributed by atoms with van der Waals surface area (Å²) in [5.74, 6) is -0.962. The SMILES string of the molecule is NC(=O)CONC(=O)CC1CNCCO1. The first kappa shape index (κ1) is 11.9. The molecule has 4 N–H and O–H groups in total. The number of carbonyl (C=O) groups is 2. The summed E-state index contributed by atoms with van der Waals surface area (Å²) in [6, 6.07) is 0. The molecule has 1 rings (SSSR count). The number of hydroxylamine groups is 1. The molecule has 1 saturated heterocycles. The van der Waals surface area contributed by atoms with Crippen LogP contribution < -0.4 is 16.5 Å². The van der Waals surface area contributed by atoms with Crippen molar-refractivity contribution in [3.05, 3.63) is 0 Å². The van der Waals surface area contributed by atoms with Crippen molar-refractivity contribution >= 4 is 11.8 Å². The maximum absolute atomic E-state index is 11.2. The number of morpholine rings is 1. The Hall–Kier alpha value is -1.18. The third-order valence-corrected chi connectivity index (χ3v) is 1.82. The van der Waals surface area contributed by atoms with Crippen LogP contribution in [0.15, 0.2) is 0 Å². The number of carbonyl (C=O) groups excluding carboxylic acids is 2. The van der Waals surface area contributed by atoms with Crippen LogP contribution in [-0.2, 0) is 19.2 Å². The normalized spacial score (nSPS) is 20.9. The molecule has 0 aromatic carbocycles. The average Bonchev–Trinajstić information content (AvgIpc) is 2.18. The first-order valence-electron chi connectivity index (χ1n) is 4.69. The van der Waals surface area contributed by atoms with E-state index >= 15 is 0 Å². The van der Waals surface area contributed by atoms with E-state index in [0.717, 1.165) is 6.54 Å². The highest BCUT2D eigenvalue weighted by Gasteiger charge is 2.17. The van der Waals surface area contributed by atoms with Crippen LogP contribution >= 0.6 is 0 Å². The van der Waals surface area contributed by atoms with Crippen molar-refractivity contribution in [2.75, 3.05) is 26.3 Å². The lowest BCUT2D eigenvalue weighted by Crippen LogP contribution is -2.41. The van der Waals surface area contributed by atoms with Gasteiger partial charge in [-0.3, -0.25) is 14.4 Å². The number of primary amides is 1. The number of ether oxygens (including phenoxy) is 1. The van der Waals surface area contributed by atoms with E-state index in [0.29, 0.717) is 13.2 Å². The smallest absolute Gasteiger partial charge is 0.246 e. The van der Waals surface area contributed by atoms with Gasteiger partial charge in [0.05, 0.1) is 19.1 Å². The standard InChI is InChI=1S/C8H15N3O4/c9-7(12)5-15-11-8(13)3-6-4-10-1-2-14-6/h6,10H,1-5H2,(H2,9,12)(H,11,13). The van der Waals surface area contributed by atoms with Crippen molar-refractivity contribution in [3.8, 4) is 0 Å². The van der Waals surface area contributed by atoms with Gasteiger partial charge < -0.3 is 15.8 Å². The molecule has 1 aliphatic rings. The van der Waals surface area contributed by atoms with Crippen LogP contribution in [0.3, 0.4) is 0 Å². The van der Waals surface area contributed by atoms with Gasteiger partial charge in [-0.15, -0.1) is 0 Å². The van der Waals surface area contributed by atoms with Gasteiger partial charge in [0.15, 0.2) is 6.61 Å². The number of nitrogens with two attached hydrogens (primary N) is 1. The summed E-state index contributed by atoms with van der Waals surface area (Å²) in [7, 11) is 0. The molecule has 7 heteroatoms. The number of amides is 2. The molecule has 0 aromatic rings. The Labute approximate surface area is 87.2 Å². The minimum absolute atomic E-state index is 0.143. The summed E-state index contributed by atoms with van der Waals surface area (Å²) >= 11 is 0. The lowest BCUT2D eigenvalue weighted by atomic mass is 10.2. The quantitative estimate of drug-likeness (QED) is 0.458. The van der Waals surface area contributed by atoms with E-state index in [9.17, 15) is 9.59 Å². The Kier molecular flexibility index (Phi) is 5.02. The molecular formula is C8H15N3O4. The molecule has 0 aliphatic carbocycles. The molecule has 0 radical (unpaired) electrons. The maximum atomic E-state index is 11.2. The second-order valence-electron chi connectivity index (χ2n) is 3.18. The maximum Gasteiger partial charge on any atom is 0.246 e. The minimum Gasteiger partial charge on any atom is -0.375 e. The summed E-state index contributed by atoms with van der Waals surface area (Å²) in [6.07, 6.45) is 0.0575. The van der Waals surface area contributed by atoms with E-state index in [1.54, 1.807) is 0 Å². The van der Waals surface area contributed by atoms with Gasteiger partial charge in [-0.1, -0.05) is 0 Å². The summed E-state index contributed by atoms with van der Waals surface area (Å²) in [6.45, 7) is 1.72. The van der Waals surface area contributed by atoms with Crippen LogP contribution in [0.25, 0.3) is 0 Å². The highest BCUT2D eigenvalue weighted by Crippen LogP contribution is 2.00. The summed E-state index contributed by atoms with van der Waals surface area (Å²) < 4.78 is 5.31. The minimum atomic E-state index is -0.633. The van der Waals surface area contributed by atoms with Crippen molar-refractivity contribution in [2.24, 2.45) is 5.73 Å².